The highest BCUT2D eigenvalue weighted by Crippen LogP contribution is 2.48. The highest BCUT2D eigenvalue weighted by Gasteiger charge is 2.57. The number of nitrogens with zero attached hydrogens (tertiary/aromatic N) is 1. The van der Waals surface area contributed by atoms with Crippen LogP contribution in [-0.2, 0) is 16.0 Å². The molecule has 0 radical (unpaired) electrons. The molecule has 1 aliphatic carbocycles. The fourth-order valence-electron chi connectivity index (χ4n) is 2.65. The zero-order valence-corrected chi connectivity index (χ0v) is 10.4. The smallest absolute Gasteiger partial charge is 0.242 e. The van der Waals surface area contributed by atoms with Gasteiger partial charge < -0.3 is 10.6 Å². The molecule has 1 heterocycles. The third-order valence-electron chi connectivity index (χ3n) is 4.01. The molecule has 1 aliphatic heterocycles. The van der Waals surface area contributed by atoms with Crippen molar-refractivity contribution < 1.29 is 9.59 Å². The number of rotatable bonds is 2. The molecule has 1 fully saturated rings. The molecule has 94 valence electrons. The second kappa shape index (κ2) is 3.57. The van der Waals surface area contributed by atoms with E-state index in [1.54, 1.807) is 4.90 Å². The van der Waals surface area contributed by atoms with Gasteiger partial charge in [0.05, 0.1) is 0 Å². The van der Waals surface area contributed by atoms with E-state index in [1.807, 2.05) is 19.1 Å². The Kier molecular flexibility index (Phi) is 2.24. The number of hydrogen-bond acceptors (Lipinski definition) is 2. The lowest BCUT2D eigenvalue weighted by Gasteiger charge is -2.22. The largest absolute Gasteiger partial charge is 0.369 e. The topological polar surface area (TPSA) is 63.4 Å². The van der Waals surface area contributed by atoms with Gasteiger partial charge in [-0.25, -0.2) is 0 Å². The van der Waals surface area contributed by atoms with E-state index >= 15 is 0 Å². The van der Waals surface area contributed by atoms with Crippen molar-refractivity contribution in [2.45, 2.75) is 26.2 Å². The first kappa shape index (κ1) is 11.3. The third-order valence-corrected chi connectivity index (χ3v) is 4.01. The zero-order valence-electron chi connectivity index (χ0n) is 10.4. The maximum atomic E-state index is 12.5. The Balaban J connectivity index is 1.95. The molecule has 0 unspecified atom stereocenters. The first-order valence-corrected chi connectivity index (χ1v) is 6.26. The van der Waals surface area contributed by atoms with Crippen LogP contribution in [0.1, 0.15) is 24.0 Å². The van der Waals surface area contributed by atoms with Crippen molar-refractivity contribution >= 4 is 17.5 Å². The molecule has 0 atom stereocenters. The number of nitrogens with two attached hydrogens (primary N) is 1. The predicted octanol–water partition coefficient (Wildman–Crippen LogP) is 1.15. The number of anilines is 1. The van der Waals surface area contributed by atoms with Crippen LogP contribution in [0.3, 0.4) is 0 Å². The Morgan fingerprint density at radius 2 is 2.06 bits per heavy atom. The van der Waals surface area contributed by atoms with Gasteiger partial charge in [0.1, 0.15) is 5.41 Å². The molecule has 0 aromatic heterocycles. The van der Waals surface area contributed by atoms with Gasteiger partial charge in [0.15, 0.2) is 0 Å². The summed E-state index contributed by atoms with van der Waals surface area (Å²) < 4.78 is 0. The average molecular weight is 244 g/mol. The minimum Gasteiger partial charge on any atom is -0.369 e. The Bertz CT molecular complexity index is 547. The summed E-state index contributed by atoms with van der Waals surface area (Å²) in [5.74, 6) is -0.590. The maximum absolute atomic E-state index is 12.5. The number of primary amides is 1. The van der Waals surface area contributed by atoms with Gasteiger partial charge in [-0.2, -0.15) is 0 Å². The summed E-state index contributed by atoms with van der Waals surface area (Å²) in [6.45, 7) is 2.66. The molecule has 2 aliphatic rings. The van der Waals surface area contributed by atoms with Crippen molar-refractivity contribution in [2.75, 3.05) is 11.4 Å². The normalized spacial score (nSPS) is 19.5. The molecule has 2 N–H and O–H groups in total. The van der Waals surface area contributed by atoms with Gasteiger partial charge in [-0.15, -0.1) is 0 Å². The molecule has 18 heavy (non-hydrogen) atoms. The highest BCUT2D eigenvalue weighted by molar-refractivity contribution is 6.14. The number of fused-ring (bicyclic) bond motifs is 1. The van der Waals surface area contributed by atoms with Gasteiger partial charge in [-0.3, -0.25) is 9.59 Å². The van der Waals surface area contributed by atoms with E-state index in [1.165, 1.54) is 5.56 Å². The summed E-state index contributed by atoms with van der Waals surface area (Å²) in [5, 5.41) is 0. The SMILES string of the molecule is Cc1ccc2c(c1)N(C(=O)C1(C(N)=O)CC1)CC2. The summed E-state index contributed by atoms with van der Waals surface area (Å²) in [5.41, 5.74) is 7.70. The summed E-state index contributed by atoms with van der Waals surface area (Å²) in [6.07, 6.45) is 2.05. The fourth-order valence-corrected chi connectivity index (χ4v) is 2.65. The van der Waals surface area contributed by atoms with Crippen LogP contribution in [0.25, 0.3) is 0 Å². The van der Waals surface area contributed by atoms with Crippen molar-refractivity contribution in [2.24, 2.45) is 11.1 Å². The van der Waals surface area contributed by atoms with Crippen molar-refractivity contribution in [3.05, 3.63) is 29.3 Å². The second-order valence-electron chi connectivity index (χ2n) is 5.29. The van der Waals surface area contributed by atoms with Crippen LogP contribution in [0.15, 0.2) is 18.2 Å². The van der Waals surface area contributed by atoms with Crippen molar-refractivity contribution in [3.8, 4) is 0 Å². The van der Waals surface area contributed by atoms with Crippen LogP contribution in [0.4, 0.5) is 5.69 Å². The molecule has 2 amide bonds. The number of carbonyl (C=O) groups excluding carboxylic acids is 2. The van der Waals surface area contributed by atoms with Gasteiger partial charge in [-0.05, 0) is 43.4 Å². The minimum absolute atomic E-state index is 0.112. The first-order valence-electron chi connectivity index (χ1n) is 6.26. The summed E-state index contributed by atoms with van der Waals surface area (Å²) in [7, 11) is 0. The first-order chi connectivity index (χ1) is 8.54. The lowest BCUT2D eigenvalue weighted by Crippen LogP contribution is -2.42. The third kappa shape index (κ3) is 1.45. The van der Waals surface area contributed by atoms with E-state index in [-0.39, 0.29) is 5.91 Å². The van der Waals surface area contributed by atoms with Crippen LogP contribution < -0.4 is 10.6 Å². The van der Waals surface area contributed by atoms with Crippen molar-refractivity contribution in [1.29, 1.82) is 0 Å². The Hall–Kier alpha value is -1.84. The monoisotopic (exact) mass is 244 g/mol. The van der Waals surface area contributed by atoms with Crippen LogP contribution >= 0.6 is 0 Å². The van der Waals surface area contributed by atoms with E-state index in [0.717, 1.165) is 17.7 Å². The molecular weight excluding hydrogens is 228 g/mol. The Labute approximate surface area is 106 Å². The van der Waals surface area contributed by atoms with Gasteiger partial charge >= 0.3 is 0 Å². The molecule has 1 saturated carbocycles. The molecule has 3 rings (SSSR count). The molecular formula is C14H16N2O2. The molecule has 4 heteroatoms. The van der Waals surface area contributed by atoms with Gasteiger partial charge in [0, 0.05) is 12.2 Å². The molecule has 1 aromatic carbocycles. The number of aryl methyl sites for hydroxylation is 1. The number of carbonyl (C=O) groups is 2. The Morgan fingerprint density at radius 3 is 2.67 bits per heavy atom. The number of amides is 2. The highest BCUT2D eigenvalue weighted by atomic mass is 16.2. The quantitative estimate of drug-likeness (QED) is 0.793. The van der Waals surface area contributed by atoms with Crippen LogP contribution in [0, 0.1) is 12.3 Å². The van der Waals surface area contributed by atoms with Crippen molar-refractivity contribution in [3.63, 3.8) is 0 Å². The molecule has 0 saturated heterocycles. The van der Waals surface area contributed by atoms with E-state index in [9.17, 15) is 9.59 Å². The Morgan fingerprint density at radius 1 is 1.33 bits per heavy atom. The summed E-state index contributed by atoms with van der Waals surface area (Å²) >= 11 is 0. The standard InChI is InChI=1S/C14H16N2O2/c1-9-2-3-10-4-7-16(11(10)8-9)13(18)14(5-6-14)12(15)17/h2-3,8H,4-7H2,1H3,(H2,15,17). The van der Waals surface area contributed by atoms with E-state index in [0.29, 0.717) is 19.4 Å². The van der Waals surface area contributed by atoms with Gasteiger partial charge in [0.2, 0.25) is 11.8 Å². The number of benzene rings is 1. The fraction of sp³-hybridized carbons (Fsp3) is 0.429. The summed E-state index contributed by atoms with van der Waals surface area (Å²) in [6, 6.07) is 6.12. The molecule has 4 nitrogen and oxygen atoms in total. The zero-order chi connectivity index (χ0) is 12.9. The van der Waals surface area contributed by atoms with Gasteiger partial charge in [-0.1, -0.05) is 12.1 Å². The lowest BCUT2D eigenvalue weighted by atomic mass is 10.0. The van der Waals surface area contributed by atoms with Gasteiger partial charge in [0.25, 0.3) is 0 Å². The molecule has 0 bridgehead atoms. The number of hydrogen-bond donors (Lipinski definition) is 1. The van der Waals surface area contributed by atoms with Crippen LogP contribution in [0.5, 0.6) is 0 Å². The van der Waals surface area contributed by atoms with E-state index in [2.05, 4.69) is 6.07 Å². The van der Waals surface area contributed by atoms with E-state index in [4.69, 9.17) is 5.73 Å². The lowest BCUT2D eigenvalue weighted by molar-refractivity contribution is -0.133. The van der Waals surface area contributed by atoms with Crippen LogP contribution in [-0.4, -0.2) is 18.4 Å². The minimum atomic E-state index is -0.911. The molecule has 1 aromatic rings. The average Bonchev–Trinajstić information content (AvgIpc) is 3.04. The maximum Gasteiger partial charge on any atom is 0.242 e. The van der Waals surface area contributed by atoms with Crippen molar-refractivity contribution in [1.82, 2.24) is 0 Å². The predicted molar refractivity (Wildman–Crippen MR) is 68.1 cm³/mol. The summed E-state index contributed by atoms with van der Waals surface area (Å²) in [4.78, 5) is 25.6. The van der Waals surface area contributed by atoms with Crippen LogP contribution in [0.2, 0.25) is 0 Å². The molecule has 0 spiro atoms. The van der Waals surface area contributed by atoms with E-state index < -0.39 is 11.3 Å². The second-order valence-corrected chi connectivity index (χ2v) is 5.29.